The standard InChI is InChI=1S/C19H20N2O3S/c1-3-13(2)20-17-15-11-7-8-12-16(15)25(23,24)18(17)19(22)21-14-9-5-4-6-10-14/h4-13,20H,3H2,1-2H3,(H,21,22)/t13-/m0/s1. The first-order valence-corrected chi connectivity index (χ1v) is 9.65. The van der Waals surface area contributed by atoms with Crippen LogP contribution in [0.3, 0.4) is 0 Å². The van der Waals surface area contributed by atoms with Gasteiger partial charge in [0.1, 0.15) is 0 Å². The summed E-state index contributed by atoms with van der Waals surface area (Å²) < 4.78 is 25.9. The smallest absolute Gasteiger partial charge is 0.269 e. The maximum absolute atomic E-state index is 12.9. The summed E-state index contributed by atoms with van der Waals surface area (Å²) in [6.45, 7) is 3.95. The van der Waals surface area contributed by atoms with Crippen molar-refractivity contribution in [2.24, 2.45) is 0 Å². The molecule has 0 fully saturated rings. The van der Waals surface area contributed by atoms with E-state index in [4.69, 9.17) is 0 Å². The maximum Gasteiger partial charge on any atom is 0.269 e. The van der Waals surface area contributed by atoms with Gasteiger partial charge < -0.3 is 10.6 Å². The van der Waals surface area contributed by atoms with E-state index in [-0.39, 0.29) is 15.8 Å². The Balaban J connectivity index is 2.09. The number of fused-ring (bicyclic) bond motifs is 1. The van der Waals surface area contributed by atoms with Gasteiger partial charge in [0, 0.05) is 17.3 Å². The van der Waals surface area contributed by atoms with E-state index in [0.29, 0.717) is 16.9 Å². The largest absolute Gasteiger partial charge is 0.381 e. The summed E-state index contributed by atoms with van der Waals surface area (Å²) in [5, 5.41) is 5.88. The van der Waals surface area contributed by atoms with Crippen molar-refractivity contribution in [3.05, 3.63) is 65.1 Å². The van der Waals surface area contributed by atoms with Crippen molar-refractivity contribution in [1.29, 1.82) is 0 Å². The molecule has 0 radical (unpaired) electrons. The van der Waals surface area contributed by atoms with Crippen LogP contribution in [-0.2, 0) is 14.6 Å². The van der Waals surface area contributed by atoms with Crippen LogP contribution in [0.1, 0.15) is 25.8 Å². The van der Waals surface area contributed by atoms with Gasteiger partial charge in [-0.15, -0.1) is 0 Å². The predicted octanol–water partition coefficient (Wildman–Crippen LogP) is 3.17. The van der Waals surface area contributed by atoms with Crippen molar-refractivity contribution in [3.63, 3.8) is 0 Å². The van der Waals surface area contributed by atoms with Crippen LogP contribution in [0.2, 0.25) is 0 Å². The Morgan fingerprint density at radius 1 is 1.04 bits per heavy atom. The van der Waals surface area contributed by atoms with Crippen LogP contribution in [0.15, 0.2) is 64.4 Å². The van der Waals surface area contributed by atoms with E-state index in [9.17, 15) is 13.2 Å². The minimum atomic E-state index is -3.86. The quantitative estimate of drug-likeness (QED) is 0.863. The molecule has 5 nitrogen and oxygen atoms in total. The Labute approximate surface area is 147 Å². The van der Waals surface area contributed by atoms with Crippen LogP contribution >= 0.6 is 0 Å². The molecule has 6 heteroatoms. The highest BCUT2D eigenvalue weighted by atomic mass is 32.2. The molecule has 1 heterocycles. The number of amides is 1. The zero-order chi connectivity index (χ0) is 18.0. The third kappa shape index (κ3) is 3.17. The van der Waals surface area contributed by atoms with E-state index in [2.05, 4.69) is 10.6 Å². The summed E-state index contributed by atoms with van der Waals surface area (Å²) in [7, 11) is -3.86. The molecule has 0 saturated heterocycles. The summed E-state index contributed by atoms with van der Waals surface area (Å²) in [4.78, 5) is 12.7. The van der Waals surface area contributed by atoms with Crippen molar-refractivity contribution in [2.75, 3.05) is 5.32 Å². The summed E-state index contributed by atoms with van der Waals surface area (Å²) in [5.74, 6) is -0.631. The number of nitrogens with one attached hydrogen (secondary N) is 2. The second-order valence-electron chi connectivity index (χ2n) is 5.98. The molecule has 25 heavy (non-hydrogen) atoms. The lowest BCUT2D eigenvalue weighted by Crippen LogP contribution is -2.27. The molecule has 0 aliphatic carbocycles. The first-order valence-electron chi connectivity index (χ1n) is 8.17. The molecular formula is C19H20N2O3S. The number of carbonyl (C=O) groups excluding carboxylic acids is 1. The number of carbonyl (C=O) groups is 1. The van der Waals surface area contributed by atoms with Crippen LogP contribution < -0.4 is 10.6 Å². The van der Waals surface area contributed by atoms with E-state index < -0.39 is 15.7 Å². The number of rotatable bonds is 5. The first-order chi connectivity index (χ1) is 11.9. The van der Waals surface area contributed by atoms with E-state index in [1.165, 1.54) is 6.07 Å². The Morgan fingerprint density at radius 2 is 1.68 bits per heavy atom. The van der Waals surface area contributed by atoms with Crippen LogP contribution in [0.5, 0.6) is 0 Å². The third-order valence-electron chi connectivity index (χ3n) is 4.18. The zero-order valence-corrected chi connectivity index (χ0v) is 14.9. The lowest BCUT2D eigenvalue weighted by atomic mass is 10.1. The molecule has 1 amide bonds. The van der Waals surface area contributed by atoms with E-state index in [1.54, 1.807) is 42.5 Å². The lowest BCUT2D eigenvalue weighted by Gasteiger charge is -2.16. The van der Waals surface area contributed by atoms with Gasteiger partial charge in [0.15, 0.2) is 4.91 Å². The topological polar surface area (TPSA) is 75.3 Å². The van der Waals surface area contributed by atoms with Gasteiger partial charge >= 0.3 is 0 Å². The second kappa shape index (κ2) is 6.72. The van der Waals surface area contributed by atoms with E-state index in [1.807, 2.05) is 19.9 Å². The Kier molecular flexibility index (Phi) is 4.63. The predicted molar refractivity (Wildman–Crippen MR) is 98.5 cm³/mol. The fourth-order valence-electron chi connectivity index (χ4n) is 2.71. The van der Waals surface area contributed by atoms with Gasteiger partial charge in [-0.2, -0.15) is 0 Å². The molecule has 0 spiro atoms. The molecule has 2 aromatic carbocycles. The maximum atomic E-state index is 12.9. The van der Waals surface area contributed by atoms with Gasteiger partial charge in [0.25, 0.3) is 5.91 Å². The highest BCUT2D eigenvalue weighted by molar-refractivity contribution is 7.97. The third-order valence-corrected chi connectivity index (χ3v) is 6.04. The molecule has 1 aliphatic heterocycles. The van der Waals surface area contributed by atoms with Gasteiger partial charge in [-0.1, -0.05) is 43.3 Å². The second-order valence-corrected chi connectivity index (χ2v) is 7.83. The van der Waals surface area contributed by atoms with Crippen molar-refractivity contribution in [3.8, 4) is 0 Å². The monoisotopic (exact) mass is 356 g/mol. The molecule has 0 unspecified atom stereocenters. The van der Waals surface area contributed by atoms with Crippen molar-refractivity contribution >= 4 is 27.1 Å². The molecule has 1 atom stereocenters. The Morgan fingerprint density at radius 3 is 2.36 bits per heavy atom. The highest BCUT2D eigenvalue weighted by Crippen LogP contribution is 2.38. The van der Waals surface area contributed by atoms with Crippen molar-refractivity contribution in [1.82, 2.24) is 5.32 Å². The Hall–Kier alpha value is -2.60. The molecule has 3 rings (SSSR count). The average Bonchev–Trinajstić information content (AvgIpc) is 2.83. The van der Waals surface area contributed by atoms with E-state index >= 15 is 0 Å². The molecule has 2 N–H and O–H groups in total. The Bertz CT molecular complexity index is 934. The summed E-state index contributed by atoms with van der Waals surface area (Å²) >= 11 is 0. The fourth-order valence-corrected chi connectivity index (χ4v) is 4.38. The van der Waals surface area contributed by atoms with Crippen molar-refractivity contribution < 1.29 is 13.2 Å². The number of para-hydroxylation sites is 1. The molecule has 130 valence electrons. The zero-order valence-electron chi connectivity index (χ0n) is 14.1. The number of hydrogen-bond donors (Lipinski definition) is 2. The van der Waals surface area contributed by atoms with Gasteiger partial charge in [-0.3, -0.25) is 4.79 Å². The summed E-state index contributed by atoms with van der Waals surface area (Å²) in [5.41, 5.74) is 1.47. The van der Waals surface area contributed by atoms with Crippen LogP contribution in [0.25, 0.3) is 5.70 Å². The highest BCUT2D eigenvalue weighted by Gasteiger charge is 2.40. The van der Waals surface area contributed by atoms with Crippen LogP contribution in [-0.4, -0.2) is 20.4 Å². The van der Waals surface area contributed by atoms with Crippen LogP contribution in [0, 0.1) is 0 Å². The first kappa shape index (κ1) is 17.2. The normalized spacial score (nSPS) is 16.2. The molecule has 0 aromatic heterocycles. The van der Waals surface area contributed by atoms with Crippen molar-refractivity contribution in [2.45, 2.75) is 31.2 Å². The SMILES string of the molecule is CC[C@H](C)NC1=C(C(=O)Nc2ccccc2)S(=O)(=O)c2ccccc21. The number of sulfone groups is 1. The van der Waals surface area contributed by atoms with Gasteiger partial charge in [-0.05, 0) is 31.5 Å². The molecule has 2 aromatic rings. The van der Waals surface area contributed by atoms with Gasteiger partial charge in [-0.25, -0.2) is 8.42 Å². The number of anilines is 1. The summed E-state index contributed by atoms with van der Waals surface area (Å²) in [6.07, 6.45) is 0.805. The molecular weight excluding hydrogens is 336 g/mol. The minimum absolute atomic E-state index is 0.0379. The van der Waals surface area contributed by atoms with Crippen LogP contribution in [0.4, 0.5) is 5.69 Å². The average molecular weight is 356 g/mol. The fraction of sp³-hybridized carbons (Fsp3) is 0.211. The van der Waals surface area contributed by atoms with E-state index in [0.717, 1.165) is 6.42 Å². The molecule has 0 saturated carbocycles. The minimum Gasteiger partial charge on any atom is -0.381 e. The number of benzene rings is 2. The lowest BCUT2D eigenvalue weighted by molar-refractivity contribution is -0.112. The summed E-state index contributed by atoms with van der Waals surface area (Å²) in [6, 6.07) is 15.5. The molecule has 1 aliphatic rings. The number of hydrogen-bond acceptors (Lipinski definition) is 4. The van der Waals surface area contributed by atoms with Gasteiger partial charge in [0.05, 0.1) is 10.6 Å². The molecule has 0 bridgehead atoms. The van der Waals surface area contributed by atoms with Gasteiger partial charge in [0.2, 0.25) is 9.84 Å².